The summed E-state index contributed by atoms with van der Waals surface area (Å²) in [5.74, 6) is -1.13. The fraction of sp³-hybridized carbons (Fsp3) is 0.467. The normalized spacial score (nSPS) is 19.2. The molecule has 1 aromatic carbocycles. The van der Waals surface area contributed by atoms with Crippen molar-refractivity contribution < 1.29 is 23.0 Å². The zero-order valence-corrected chi connectivity index (χ0v) is 11.3. The van der Waals surface area contributed by atoms with E-state index in [-0.39, 0.29) is 24.1 Å². The Labute approximate surface area is 121 Å². The molecule has 4 nitrogen and oxygen atoms in total. The molecule has 21 heavy (non-hydrogen) atoms. The van der Waals surface area contributed by atoms with E-state index in [4.69, 9.17) is 4.74 Å². The first-order valence-electron chi connectivity index (χ1n) is 6.69. The van der Waals surface area contributed by atoms with Gasteiger partial charge in [-0.15, -0.1) is 0 Å². The van der Waals surface area contributed by atoms with Crippen LogP contribution in [0.2, 0.25) is 0 Å². The first-order valence-corrected chi connectivity index (χ1v) is 6.69. The number of carbonyl (C=O) groups is 1. The van der Waals surface area contributed by atoms with Gasteiger partial charge in [-0.2, -0.15) is 14.0 Å². The molecule has 2 atom stereocenters. The Balaban J connectivity index is 2.02. The van der Waals surface area contributed by atoms with E-state index < -0.39 is 12.5 Å². The summed E-state index contributed by atoms with van der Waals surface area (Å²) in [4.78, 5) is 12.1. The lowest BCUT2D eigenvalue weighted by atomic mass is 9.92. The quantitative estimate of drug-likeness (QED) is 0.809. The van der Waals surface area contributed by atoms with Gasteiger partial charge in [-0.05, 0) is 30.5 Å². The lowest BCUT2D eigenvalue weighted by Crippen LogP contribution is -2.18. The summed E-state index contributed by atoms with van der Waals surface area (Å²) in [5, 5.41) is 9.18. The monoisotopic (exact) mass is 295 g/mol. The number of benzene rings is 1. The molecule has 112 valence electrons. The molecule has 0 saturated carbocycles. The van der Waals surface area contributed by atoms with Gasteiger partial charge >= 0.3 is 6.61 Å². The number of nitrogens with zero attached hydrogens (tertiary/aromatic N) is 1. The van der Waals surface area contributed by atoms with E-state index in [9.17, 15) is 18.8 Å². The average Bonchev–Trinajstić information content (AvgIpc) is 2.93. The van der Waals surface area contributed by atoms with Crippen LogP contribution in [-0.4, -0.2) is 25.1 Å². The first-order chi connectivity index (χ1) is 10.1. The van der Waals surface area contributed by atoms with E-state index in [1.54, 1.807) is 0 Å². The van der Waals surface area contributed by atoms with Gasteiger partial charge in [0.2, 0.25) is 0 Å². The molecule has 0 radical (unpaired) electrons. The number of nitriles is 1. The number of hydrogen-bond donors (Lipinski definition) is 0. The van der Waals surface area contributed by atoms with Crippen LogP contribution >= 0.6 is 0 Å². The largest absolute Gasteiger partial charge is 0.435 e. The van der Waals surface area contributed by atoms with Gasteiger partial charge in [0, 0.05) is 13.0 Å². The van der Waals surface area contributed by atoms with Crippen LogP contribution in [0, 0.1) is 11.3 Å². The van der Waals surface area contributed by atoms with Crippen molar-refractivity contribution in [2.75, 3.05) is 6.61 Å². The van der Waals surface area contributed by atoms with E-state index in [1.165, 1.54) is 24.3 Å². The molecule has 2 unspecified atom stereocenters. The Morgan fingerprint density at radius 3 is 2.67 bits per heavy atom. The second kappa shape index (κ2) is 7.14. The summed E-state index contributed by atoms with van der Waals surface area (Å²) in [5.41, 5.74) is 0.474. The molecule has 1 aliphatic rings. The highest BCUT2D eigenvalue weighted by Gasteiger charge is 2.26. The minimum absolute atomic E-state index is 0.00276. The molecule has 1 fully saturated rings. The van der Waals surface area contributed by atoms with E-state index in [0.717, 1.165) is 12.8 Å². The molecule has 1 heterocycles. The van der Waals surface area contributed by atoms with E-state index in [1.807, 2.05) is 6.07 Å². The summed E-state index contributed by atoms with van der Waals surface area (Å²) in [6.07, 6.45) is 1.84. The maximum atomic E-state index is 12.1. The highest BCUT2D eigenvalue weighted by molar-refractivity contribution is 5.88. The van der Waals surface area contributed by atoms with Gasteiger partial charge in [-0.25, -0.2) is 0 Å². The van der Waals surface area contributed by atoms with Gasteiger partial charge in [0.05, 0.1) is 12.2 Å². The van der Waals surface area contributed by atoms with Crippen molar-refractivity contribution >= 4 is 5.78 Å². The SMILES string of the molecule is N#CC(C(=O)CC1CCCO1)c1ccc(OC(F)F)cc1. The van der Waals surface area contributed by atoms with Crippen molar-refractivity contribution in [2.45, 2.75) is 37.9 Å². The third kappa shape index (κ3) is 4.23. The van der Waals surface area contributed by atoms with Crippen molar-refractivity contribution in [3.63, 3.8) is 0 Å². The molecular weight excluding hydrogens is 280 g/mol. The molecule has 1 aliphatic heterocycles. The zero-order chi connectivity index (χ0) is 15.2. The molecule has 6 heteroatoms. The third-order valence-electron chi connectivity index (χ3n) is 3.34. The molecule has 0 N–H and O–H groups in total. The maximum absolute atomic E-state index is 12.1. The highest BCUT2D eigenvalue weighted by Crippen LogP contribution is 2.25. The first kappa shape index (κ1) is 15.4. The fourth-order valence-corrected chi connectivity index (χ4v) is 2.32. The lowest BCUT2D eigenvalue weighted by molar-refractivity contribution is -0.121. The van der Waals surface area contributed by atoms with Crippen molar-refractivity contribution in [1.29, 1.82) is 5.26 Å². The van der Waals surface area contributed by atoms with E-state index in [0.29, 0.717) is 12.2 Å². The number of ether oxygens (including phenoxy) is 2. The topological polar surface area (TPSA) is 59.3 Å². The maximum Gasteiger partial charge on any atom is 0.387 e. The molecule has 0 amide bonds. The van der Waals surface area contributed by atoms with E-state index in [2.05, 4.69) is 4.74 Å². The van der Waals surface area contributed by atoms with Gasteiger partial charge < -0.3 is 9.47 Å². The number of rotatable bonds is 6. The molecule has 1 saturated heterocycles. The Morgan fingerprint density at radius 1 is 1.43 bits per heavy atom. The smallest absolute Gasteiger partial charge is 0.387 e. The molecule has 1 aromatic rings. The van der Waals surface area contributed by atoms with Crippen LogP contribution in [0.25, 0.3) is 0 Å². The van der Waals surface area contributed by atoms with Crippen LogP contribution in [0.4, 0.5) is 8.78 Å². The Kier molecular flexibility index (Phi) is 5.23. The molecule has 0 bridgehead atoms. The predicted octanol–water partition coefficient (Wildman–Crippen LogP) is 3.03. The van der Waals surface area contributed by atoms with Crippen LogP contribution in [0.15, 0.2) is 24.3 Å². The van der Waals surface area contributed by atoms with Crippen LogP contribution in [-0.2, 0) is 9.53 Å². The van der Waals surface area contributed by atoms with Crippen LogP contribution in [0.5, 0.6) is 5.75 Å². The summed E-state index contributed by atoms with van der Waals surface area (Å²) in [7, 11) is 0. The predicted molar refractivity (Wildman–Crippen MR) is 70.0 cm³/mol. The minimum atomic E-state index is -2.90. The standard InChI is InChI=1S/C15H15F2NO3/c16-15(17)21-11-5-3-10(4-6-11)13(9-18)14(19)8-12-2-1-7-20-12/h3-6,12-13,15H,1-2,7-8H2. The summed E-state index contributed by atoms with van der Waals surface area (Å²) in [6.45, 7) is -2.25. The van der Waals surface area contributed by atoms with Crippen LogP contribution in [0.3, 0.4) is 0 Å². The van der Waals surface area contributed by atoms with E-state index >= 15 is 0 Å². The molecular formula is C15H15F2NO3. The number of alkyl halides is 2. The van der Waals surface area contributed by atoms with Crippen molar-refractivity contribution in [2.24, 2.45) is 0 Å². The third-order valence-corrected chi connectivity index (χ3v) is 3.34. The Bertz CT molecular complexity index is 519. The zero-order valence-electron chi connectivity index (χ0n) is 11.3. The Morgan fingerprint density at radius 2 is 2.14 bits per heavy atom. The van der Waals surface area contributed by atoms with Crippen LogP contribution < -0.4 is 4.74 Å². The van der Waals surface area contributed by atoms with Gasteiger partial charge in [-0.3, -0.25) is 4.79 Å². The van der Waals surface area contributed by atoms with Crippen molar-refractivity contribution in [3.8, 4) is 11.8 Å². The summed E-state index contributed by atoms with van der Waals surface area (Å²) >= 11 is 0. The second-order valence-electron chi connectivity index (χ2n) is 4.82. The Hall–Kier alpha value is -2.00. The minimum Gasteiger partial charge on any atom is -0.435 e. The number of hydrogen-bond acceptors (Lipinski definition) is 4. The number of ketones is 1. The summed E-state index contributed by atoms with van der Waals surface area (Å²) < 4.78 is 33.7. The number of Topliss-reactive ketones (excluding diaryl/α,β-unsaturated/α-hetero) is 1. The van der Waals surface area contributed by atoms with Gasteiger partial charge in [0.1, 0.15) is 11.7 Å². The summed E-state index contributed by atoms with van der Waals surface area (Å²) in [6, 6.07) is 7.52. The van der Waals surface area contributed by atoms with Gasteiger partial charge in [0.25, 0.3) is 0 Å². The number of carbonyl (C=O) groups excluding carboxylic acids is 1. The number of halogens is 2. The second-order valence-corrected chi connectivity index (χ2v) is 4.82. The molecule has 0 aromatic heterocycles. The van der Waals surface area contributed by atoms with Crippen molar-refractivity contribution in [1.82, 2.24) is 0 Å². The van der Waals surface area contributed by atoms with Gasteiger partial charge in [-0.1, -0.05) is 12.1 Å². The molecule has 0 aliphatic carbocycles. The molecule has 0 spiro atoms. The fourth-order valence-electron chi connectivity index (χ4n) is 2.32. The average molecular weight is 295 g/mol. The highest BCUT2D eigenvalue weighted by atomic mass is 19.3. The molecule has 2 rings (SSSR count). The van der Waals surface area contributed by atoms with Crippen molar-refractivity contribution in [3.05, 3.63) is 29.8 Å². The van der Waals surface area contributed by atoms with Gasteiger partial charge in [0.15, 0.2) is 5.78 Å². The van der Waals surface area contributed by atoms with Crippen LogP contribution in [0.1, 0.15) is 30.7 Å². The lowest BCUT2D eigenvalue weighted by Gasteiger charge is -2.13.